The number of aryl methyl sites for hydroxylation is 2. The lowest BCUT2D eigenvalue weighted by Crippen LogP contribution is -2.25. The van der Waals surface area contributed by atoms with Crippen molar-refractivity contribution in [2.45, 2.75) is 33.1 Å². The van der Waals surface area contributed by atoms with Crippen molar-refractivity contribution >= 4 is 28.9 Å². The van der Waals surface area contributed by atoms with Crippen LogP contribution in [0.25, 0.3) is 0 Å². The van der Waals surface area contributed by atoms with E-state index in [2.05, 4.69) is 13.8 Å². The summed E-state index contributed by atoms with van der Waals surface area (Å²) in [6.07, 6.45) is 2.99. The number of amides is 1. The lowest BCUT2D eigenvalue weighted by Gasteiger charge is -2.16. The fourth-order valence-electron chi connectivity index (χ4n) is 2.50. The Morgan fingerprint density at radius 2 is 1.88 bits per heavy atom. The molecule has 1 aromatic heterocycles. The van der Waals surface area contributed by atoms with Gasteiger partial charge in [-0.25, -0.2) is 4.79 Å². The van der Waals surface area contributed by atoms with Crippen LogP contribution in [0.1, 0.15) is 40.4 Å². The van der Waals surface area contributed by atoms with E-state index in [4.69, 9.17) is 9.84 Å². The molecule has 0 unspecified atom stereocenters. The van der Waals surface area contributed by atoms with Crippen LogP contribution >= 0.6 is 11.3 Å². The summed E-state index contributed by atoms with van der Waals surface area (Å²) in [7, 11) is 1.74. The van der Waals surface area contributed by atoms with Gasteiger partial charge in [-0.15, -0.1) is 11.3 Å². The Kier molecular flexibility index (Phi) is 6.58. The molecule has 1 amide bonds. The highest BCUT2D eigenvalue weighted by atomic mass is 32.1. The van der Waals surface area contributed by atoms with E-state index in [1.54, 1.807) is 47.5 Å². The average molecular weight is 361 g/mol. The number of ether oxygens (including phenoxy) is 1. The molecule has 25 heavy (non-hydrogen) atoms. The first-order valence-electron chi connectivity index (χ1n) is 8.30. The molecule has 1 aromatic carbocycles. The van der Waals surface area contributed by atoms with Crippen LogP contribution in [0.3, 0.4) is 0 Å². The first-order chi connectivity index (χ1) is 12.0. The van der Waals surface area contributed by atoms with Crippen LogP contribution in [0.2, 0.25) is 0 Å². The molecule has 6 heteroatoms. The van der Waals surface area contributed by atoms with Crippen molar-refractivity contribution in [3.8, 4) is 5.75 Å². The molecule has 0 aliphatic rings. The Bertz CT molecular complexity index is 736. The summed E-state index contributed by atoms with van der Waals surface area (Å²) in [6.45, 7) is 3.86. The number of thiophene rings is 1. The van der Waals surface area contributed by atoms with Crippen molar-refractivity contribution in [2.75, 3.05) is 18.6 Å². The second-order valence-electron chi connectivity index (χ2n) is 5.70. The van der Waals surface area contributed by atoms with Gasteiger partial charge in [-0.2, -0.15) is 0 Å². The minimum absolute atomic E-state index is 0.0405. The summed E-state index contributed by atoms with van der Waals surface area (Å²) >= 11 is 1.57. The number of aliphatic carboxylic acids is 1. The quantitative estimate of drug-likeness (QED) is 0.772. The number of carbonyl (C=O) groups excluding carboxylic acids is 1. The zero-order valence-electron chi connectivity index (χ0n) is 14.7. The predicted molar refractivity (Wildman–Crippen MR) is 100.0 cm³/mol. The number of carboxylic acids is 1. The SMILES string of the molecule is CCCc1sc(C(=O)N(C)c2ccc(OCC(=O)O)cc2)cc1CC. The van der Waals surface area contributed by atoms with E-state index < -0.39 is 5.97 Å². The highest BCUT2D eigenvalue weighted by Gasteiger charge is 2.18. The van der Waals surface area contributed by atoms with Gasteiger partial charge < -0.3 is 14.7 Å². The molecule has 5 nitrogen and oxygen atoms in total. The average Bonchev–Trinajstić information content (AvgIpc) is 3.02. The fourth-order valence-corrected chi connectivity index (χ4v) is 3.83. The Hall–Kier alpha value is -2.34. The number of anilines is 1. The third kappa shape index (κ3) is 4.82. The van der Waals surface area contributed by atoms with Crippen molar-refractivity contribution in [1.82, 2.24) is 0 Å². The van der Waals surface area contributed by atoms with E-state index in [0.717, 1.165) is 29.8 Å². The molecule has 1 N–H and O–H groups in total. The molecule has 0 spiro atoms. The van der Waals surface area contributed by atoms with Crippen molar-refractivity contribution in [1.29, 1.82) is 0 Å². The molecule has 0 atom stereocenters. The second kappa shape index (κ2) is 8.67. The standard InChI is InChI=1S/C19H23NO4S/c1-4-6-16-13(5-2)11-17(25-16)19(23)20(3)14-7-9-15(10-8-14)24-12-18(21)22/h7-11H,4-6,12H2,1-3H3,(H,21,22). The van der Waals surface area contributed by atoms with Gasteiger partial charge in [0.05, 0.1) is 4.88 Å². The van der Waals surface area contributed by atoms with Crippen LogP contribution in [0.4, 0.5) is 5.69 Å². The third-order valence-corrected chi connectivity index (χ3v) is 5.08. The number of hydrogen-bond donors (Lipinski definition) is 1. The van der Waals surface area contributed by atoms with Gasteiger partial charge in [0.1, 0.15) is 5.75 Å². The number of carboxylic acid groups (broad SMARTS) is 1. The van der Waals surface area contributed by atoms with Gasteiger partial charge in [0.25, 0.3) is 5.91 Å². The molecule has 0 radical (unpaired) electrons. The minimum atomic E-state index is -1.02. The van der Waals surface area contributed by atoms with Gasteiger partial charge in [-0.3, -0.25) is 4.79 Å². The van der Waals surface area contributed by atoms with Crippen molar-refractivity contribution in [3.05, 3.63) is 45.6 Å². The maximum atomic E-state index is 12.8. The molecule has 134 valence electrons. The van der Waals surface area contributed by atoms with E-state index in [1.807, 2.05) is 6.07 Å². The molecule has 1 heterocycles. The zero-order valence-corrected chi connectivity index (χ0v) is 15.6. The monoisotopic (exact) mass is 361 g/mol. The van der Waals surface area contributed by atoms with Crippen LogP contribution < -0.4 is 9.64 Å². The summed E-state index contributed by atoms with van der Waals surface area (Å²) in [5.41, 5.74) is 1.98. The normalized spacial score (nSPS) is 10.5. The summed E-state index contributed by atoms with van der Waals surface area (Å²) in [5.74, 6) is -0.605. The summed E-state index contributed by atoms with van der Waals surface area (Å²) in [4.78, 5) is 26.9. The summed E-state index contributed by atoms with van der Waals surface area (Å²) in [5, 5.41) is 8.62. The third-order valence-electron chi connectivity index (χ3n) is 3.86. The number of rotatable bonds is 8. The number of carbonyl (C=O) groups is 2. The zero-order chi connectivity index (χ0) is 18.4. The molecule has 0 saturated carbocycles. The predicted octanol–water partition coefficient (Wildman–Crippen LogP) is 4.00. The maximum Gasteiger partial charge on any atom is 0.341 e. The smallest absolute Gasteiger partial charge is 0.341 e. The maximum absolute atomic E-state index is 12.8. The van der Waals surface area contributed by atoms with Gasteiger partial charge in [0.15, 0.2) is 6.61 Å². The fraction of sp³-hybridized carbons (Fsp3) is 0.368. The van der Waals surface area contributed by atoms with E-state index in [1.165, 1.54) is 10.4 Å². The second-order valence-corrected chi connectivity index (χ2v) is 6.84. The minimum Gasteiger partial charge on any atom is -0.482 e. The Labute approximate surface area is 151 Å². The Balaban J connectivity index is 2.12. The lowest BCUT2D eigenvalue weighted by atomic mass is 10.1. The number of nitrogens with zero attached hydrogens (tertiary/aromatic N) is 1. The molecule has 2 rings (SSSR count). The van der Waals surface area contributed by atoms with Crippen molar-refractivity contribution in [3.63, 3.8) is 0 Å². The van der Waals surface area contributed by atoms with Crippen LogP contribution in [-0.2, 0) is 17.6 Å². The Morgan fingerprint density at radius 3 is 2.44 bits per heavy atom. The highest BCUT2D eigenvalue weighted by molar-refractivity contribution is 7.14. The van der Waals surface area contributed by atoms with Crippen LogP contribution in [0.5, 0.6) is 5.75 Å². The molecule has 0 saturated heterocycles. The Morgan fingerprint density at radius 1 is 1.20 bits per heavy atom. The highest BCUT2D eigenvalue weighted by Crippen LogP contribution is 2.27. The van der Waals surface area contributed by atoms with Crippen molar-refractivity contribution in [2.24, 2.45) is 0 Å². The molecule has 0 fully saturated rings. The van der Waals surface area contributed by atoms with Gasteiger partial charge >= 0.3 is 5.97 Å². The van der Waals surface area contributed by atoms with Crippen LogP contribution in [0, 0.1) is 0 Å². The molecular formula is C19H23NO4S. The van der Waals surface area contributed by atoms with E-state index >= 15 is 0 Å². The number of benzene rings is 1. The first-order valence-corrected chi connectivity index (χ1v) is 9.12. The van der Waals surface area contributed by atoms with Gasteiger partial charge in [0, 0.05) is 17.6 Å². The van der Waals surface area contributed by atoms with Crippen LogP contribution in [-0.4, -0.2) is 30.6 Å². The molecule has 2 aromatic rings. The molecule has 0 aliphatic carbocycles. The summed E-state index contributed by atoms with van der Waals surface area (Å²) in [6, 6.07) is 8.82. The largest absolute Gasteiger partial charge is 0.482 e. The van der Waals surface area contributed by atoms with E-state index in [-0.39, 0.29) is 12.5 Å². The van der Waals surface area contributed by atoms with Crippen molar-refractivity contribution < 1.29 is 19.4 Å². The first kappa shape index (κ1) is 19.0. The van der Waals surface area contributed by atoms with Gasteiger partial charge in [-0.1, -0.05) is 20.3 Å². The molecule has 0 bridgehead atoms. The van der Waals surface area contributed by atoms with Gasteiger partial charge in [-0.05, 0) is 48.7 Å². The van der Waals surface area contributed by atoms with Gasteiger partial charge in [0.2, 0.25) is 0 Å². The lowest BCUT2D eigenvalue weighted by molar-refractivity contribution is -0.139. The van der Waals surface area contributed by atoms with E-state index in [0.29, 0.717) is 5.75 Å². The molecular weight excluding hydrogens is 338 g/mol. The van der Waals surface area contributed by atoms with Crippen LogP contribution in [0.15, 0.2) is 30.3 Å². The topological polar surface area (TPSA) is 66.8 Å². The molecule has 0 aliphatic heterocycles. The van der Waals surface area contributed by atoms with E-state index in [9.17, 15) is 9.59 Å². The summed E-state index contributed by atoms with van der Waals surface area (Å²) < 4.78 is 5.11. The number of hydrogen-bond acceptors (Lipinski definition) is 4.